The molecule has 2 heterocycles. The van der Waals surface area contributed by atoms with Gasteiger partial charge in [0.05, 0.1) is 4.90 Å². The van der Waals surface area contributed by atoms with Gasteiger partial charge < -0.3 is 10.2 Å². The summed E-state index contributed by atoms with van der Waals surface area (Å²) in [5.74, 6) is 0.0656. The number of benzene rings is 1. The van der Waals surface area contributed by atoms with E-state index in [1.807, 2.05) is 13.8 Å². The number of carbonyl (C=O) groups excluding carboxylic acids is 1. The third-order valence-electron chi connectivity index (χ3n) is 4.98. The largest absolute Gasteiger partial charge is 0.385 e. The maximum Gasteiger partial charge on any atom is 0.260 e. The molecule has 0 spiro atoms. The summed E-state index contributed by atoms with van der Waals surface area (Å²) >= 11 is 0. The van der Waals surface area contributed by atoms with Crippen molar-refractivity contribution in [3.63, 3.8) is 0 Å². The summed E-state index contributed by atoms with van der Waals surface area (Å²) in [5.41, 5.74) is 0.899. The second kappa shape index (κ2) is 8.44. The minimum atomic E-state index is -3.60. The fourth-order valence-electron chi connectivity index (χ4n) is 3.19. The first-order chi connectivity index (χ1) is 13.3. The molecule has 28 heavy (non-hydrogen) atoms. The van der Waals surface area contributed by atoms with E-state index in [0.717, 1.165) is 24.1 Å². The van der Waals surface area contributed by atoms with Crippen LogP contribution in [0, 0.1) is 5.92 Å². The number of rotatable bonds is 7. The van der Waals surface area contributed by atoms with Crippen LogP contribution in [0.5, 0.6) is 0 Å². The Morgan fingerprint density at radius 1 is 1.43 bits per heavy atom. The first kappa shape index (κ1) is 20.5. The van der Waals surface area contributed by atoms with E-state index in [1.54, 1.807) is 6.07 Å². The average Bonchev–Trinajstić information content (AvgIpc) is 3.08. The third kappa shape index (κ3) is 4.44. The number of hydrogen-bond donors (Lipinski definition) is 1. The van der Waals surface area contributed by atoms with Crippen LogP contribution in [-0.2, 0) is 14.8 Å². The van der Waals surface area contributed by atoms with Crippen molar-refractivity contribution in [3.05, 3.63) is 18.2 Å². The van der Waals surface area contributed by atoms with Crippen molar-refractivity contribution in [3.8, 4) is 0 Å². The highest BCUT2D eigenvalue weighted by Crippen LogP contribution is 2.25. The molecule has 1 aromatic heterocycles. The number of sulfonamides is 1. The summed E-state index contributed by atoms with van der Waals surface area (Å²) in [6.45, 7) is 6.74. The van der Waals surface area contributed by atoms with Crippen molar-refractivity contribution in [1.29, 1.82) is 0 Å². The predicted octanol–water partition coefficient (Wildman–Crippen LogP) is 1.20. The molecule has 0 saturated carbocycles. The number of piperidine rings is 1. The van der Waals surface area contributed by atoms with Gasteiger partial charge in [0.15, 0.2) is 6.61 Å². The molecule has 9 nitrogen and oxygen atoms in total. The van der Waals surface area contributed by atoms with Crippen LogP contribution in [0.3, 0.4) is 0 Å². The Labute approximate surface area is 165 Å². The second-order valence-corrected chi connectivity index (χ2v) is 9.31. The van der Waals surface area contributed by atoms with E-state index in [9.17, 15) is 13.2 Å². The molecule has 1 aromatic carbocycles. The molecular weight excluding hydrogens is 382 g/mol. The van der Waals surface area contributed by atoms with Crippen LogP contribution >= 0.6 is 0 Å². The zero-order valence-electron chi connectivity index (χ0n) is 16.5. The van der Waals surface area contributed by atoms with Gasteiger partial charge in [-0.2, -0.15) is 4.31 Å². The summed E-state index contributed by atoms with van der Waals surface area (Å²) in [5, 5.41) is 10.6. The predicted molar refractivity (Wildman–Crippen MR) is 104 cm³/mol. The zero-order chi connectivity index (χ0) is 20.3. The van der Waals surface area contributed by atoms with Gasteiger partial charge in [0, 0.05) is 19.1 Å². The van der Waals surface area contributed by atoms with E-state index in [1.165, 1.54) is 16.4 Å². The summed E-state index contributed by atoms with van der Waals surface area (Å²) in [6, 6.07) is 4.68. The molecule has 1 N–H and O–H groups in total. The summed E-state index contributed by atoms with van der Waals surface area (Å²) in [7, 11) is -3.60. The molecule has 1 aliphatic heterocycles. The van der Waals surface area contributed by atoms with Crippen LogP contribution in [0.1, 0.15) is 40.0 Å². The smallest absolute Gasteiger partial charge is 0.260 e. The zero-order valence-corrected chi connectivity index (χ0v) is 17.3. The van der Waals surface area contributed by atoms with Crippen LogP contribution in [0.15, 0.2) is 23.1 Å². The lowest BCUT2D eigenvalue weighted by Crippen LogP contribution is -2.39. The van der Waals surface area contributed by atoms with Gasteiger partial charge in [-0.15, -0.1) is 5.10 Å². The number of carbonyl (C=O) groups is 1. The Bertz CT molecular complexity index is 943. The van der Waals surface area contributed by atoms with Gasteiger partial charge >= 0.3 is 0 Å². The minimum Gasteiger partial charge on any atom is -0.385 e. The molecule has 0 unspecified atom stereocenters. The molecule has 3 rings (SSSR count). The Morgan fingerprint density at radius 2 is 2.21 bits per heavy atom. The van der Waals surface area contributed by atoms with Crippen LogP contribution in [0.2, 0.25) is 0 Å². The molecule has 0 bridgehead atoms. The molecule has 2 atom stereocenters. The fourth-order valence-corrected chi connectivity index (χ4v) is 4.80. The van der Waals surface area contributed by atoms with Gasteiger partial charge in [0.1, 0.15) is 11.0 Å². The molecule has 1 saturated heterocycles. The molecular formula is C18H27N5O4S. The standard InChI is InChI=1S/C18H27N5O4S/c1-4-14(3)19-18(24)12-27-23-17-10-15(7-8-16(17)20-21-23)28(25,26)22-9-5-6-13(2)11-22/h7-8,10,13-14H,4-6,9,11-12H2,1-3H3,(H,19,24)/t13-,14+/m0/s1. The van der Waals surface area contributed by atoms with Crippen molar-refractivity contribution in [2.75, 3.05) is 19.7 Å². The molecule has 2 aromatic rings. The van der Waals surface area contributed by atoms with Crippen LogP contribution in [0.25, 0.3) is 11.0 Å². The number of nitrogens with one attached hydrogen (secondary N) is 1. The number of fused-ring (bicyclic) bond motifs is 1. The van der Waals surface area contributed by atoms with Crippen LogP contribution in [0.4, 0.5) is 0 Å². The van der Waals surface area contributed by atoms with Gasteiger partial charge in [-0.05, 0) is 55.5 Å². The van der Waals surface area contributed by atoms with Crippen molar-refractivity contribution in [2.24, 2.45) is 5.92 Å². The molecule has 10 heteroatoms. The second-order valence-electron chi connectivity index (χ2n) is 7.37. The molecule has 1 fully saturated rings. The third-order valence-corrected chi connectivity index (χ3v) is 6.84. The molecule has 1 aliphatic rings. The maximum atomic E-state index is 13.0. The first-order valence-corrected chi connectivity index (χ1v) is 11.0. The van der Waals surface area contributed by atoms with Gasteiger partial charge in [0.25, 0.3) is 5.91 Å². The highest BCUT2D eigenvalue weighted by molar-refractivity contribution is 7.89. The average molecular weight is 410 g/mol. The van der Waals surface area contributed by atoms with Gasteiger partial charge in [-0.25, -0.2) is 8.42 Å². The van der Waals surface area contributed by atoms with Crippen LogP contribution in [-0.4, -0.2) is 59.5 Å². The number of nitrogens with zero attached hydrogens (tertiary/aromatic N) is 4. The summed E-state index contributed by atoms with van der Waals surface area (Å²) in [4.78, 5) is 18.6. The fraction of sp³-hybridized carbons (Fsp3) is 0.611. The van der Waals surface area contributed by atoms with E-state index in [4.69, 9.17) is 4.84 Å². The lowest BCUT2D eigenvalue weighted by molar-refractivity contribution is -0.126. The lowest BCUT2D eigenvalue weighted by atomic mass is 10.0. The van der Waals surface area contributed by atoms with E-state index in [-0.39, 0.29) is 23.5 Å². The number of aromatic nitrogens is 3. The van der Waals surface area contributed by atoms with E-state index in [2.05, 4.69) is 22.6 Å². The van der Waals surface area contributed by atoms with Crippen molar-refractivity contribution >= 4 is 27.0 Å². The van der Waals surface area contributed by atoms with E-state index < -0.39 is 10.0 Å². The van der Waals surface area contributed by atoms with Gasteiger partial charge in [0.2, 0.25) is 10.0 Å². The number of hydrogen-bond acceptors (Lipinski definition) is 6. The Balaban J connectivity index is 1.79. The van der Waals surface area contributed by atoms with Crippen LogP contribution < -0.4 is 10.2 Å². The summed E-state index contributed by atoms with van der Waals surface area (Å²) < 4.78 is 27.5. The molecule has 1 amide bonds. The van der Waals surface area contributed by atoms with Gasteiger partial charge in [-0.3, -0.25) is 4.79 Å². The van der Waals surface area contributed by atoms with E-state index in [0.29, 0.717) is 30.0 Å². The first-order valence-electron chi connectivity index (χ1n) is 9.59. The van der Waals surface area contributed by atoms with Crippen molar-refractivity contribution in [2.45, 2.75) is 51.0 Å². The van der Waals surface area contributed by atoms with Gasteiger partial charge in [-0.1, -0.05) is 18.7 Å². The SMILES string of the molecule is CC[C@@H](C)NC(=O)COn1nnc2ccc(S(=O)(=O)N3CCC[C@H](C)C3)cc21. The highest BCUT2D eigenvalue weighted by atomic mass is 32.2. The molecule has 0 radical (unpaired) electrons. The monoisotopic (exact) mass is 409 g/mol. The quantitative estimate of drug-likeness (QED) is 0.736. The summed E-state index contributed by atoms with van der Waals surface area (Å²) in [6.07, 6.45) is 2.71. The topological polar surface area (TPSA) is 106 Å². The molecule has 154 valence electrons. The minimum absolute atomic E-state index is 0.0484. The normalized spacial score (nSPS) is 19.5. The van der Waals surface area contributed by atoms with Crippen molar-refractivity contribution < 1.29 is 18.0 Å². The number of amides is 1. The molecule has 0 aliphatic carbocycles. The Kier molecular flexibility index (Phi) is 6.19. The maximum absolute atomic E-state index is 13.0. The highest BCUT2D eigenvalue weighted by Gasteiger charge is 2.29. The lowest BCUT2D eigenvalue weighted by Gasteiger charge is -2.30. The van der Waals surface area contributed by atoms with Crippen molar-refractivity contribution in [1.82, 2.24) is 24.8 Å². The Hall–Kier alpha value is -2.20. The Morgan fingerprint density at radius 3 is 2.93 bits per heavy atom. The van der Waals surface area contributed by atoms with E-state index >= 15 is 0 Å².